The summed E-state index contributed by atoms with van der Waals surface area (Å²) in [5.74, 6) is 1.13. The molecule has 35 heavy (non-hydrogen) atoms. The first-order valence-electron chi connectivity index (χ1n) is 12.8. The summed E-state index contributed by atoms with van der Waals surface area (Å²) >= 11 is 1.71. The number of fused-ring (bicyclic) bond motifs is 4. The number of aromatic nitrogens is 2. The van der Waals surface area contributed by atoms with E-state index in [-0.39, 0.29) is 29.9 Å². The lowest BCUT2D eigenvalue weighted by Crippen LogP contribution is -2.56. The molecule has 0 bridgehead atoms. The first kappa shape index (κ1) is 23.0. The Morgan fingerprint density at radius 3 is 2.77 bits per heavy atom. The molecule has 2 fully saturated rings. The highest BCUT2D eigenvalue weighted by atomic mass is 32.1. The monoisotopic (exact) mass is 494 g/mol. The summed E-state index contributed by atoms with van der Waals surface area (Å²) in [6.07, 6.45) is 8.04. The van der Waals surface area contributed by atoms with Gasteiger partial charge in [-0.3, -0.25) is 9.69 Å². The number of ether oxygens (including phenoxy) is 1. The van der Waals surface area contributed by atoms with Crippen molar-refractivity contribution in [3.63, 3.8) is 0 Å². The van der Waals surface area contributed by atoms with Crippen LogP contribution in [0.3, 0.4) is 0 Å². The van der Waals surface area contributed by atoms with Gasteiger partial charge in [-0.05, 0) is 56.5 Å². The largest absolute Gasteiger partial charge is 0.497 e. The van der Waals surface area contributed by atoms with Crippen LogP contribution in [0, 0.1) is 5.92 Å². The molecule has 0 radical (unpaired) electrons. The molecule has 1 amide bonds. The zero-order valence-electron chi connectivity index (χ0n) is 20.3. The molecule has 1 saturated heterocycles. The van der Waals surface area contributed by atoms with E-state index in [1.165, 1.54) is 10.9 Å². The third kappa shape index (κ3) is 3.96. The fourth-order valence-electron chi connectivity index (χ4n) is 6.72. The lowest BCUT2D eigenvalue weighted by Gasteiger charge is -2.50. The average molecular weight is 495 g/mol. The Kier molecular flexibility index (Phi) is 6.06. The number of carbonyl (C=O) groups excluding carboxylic acids is 1. The number of rotatable bonds is 5. The van der Waals surface area contributed by atoms with Gasteiger partial charge in [0, 0.05) is 52.1 Å². The maximum absolute atomic E-state index is 13.8. The number of thiazole rings is 1. The van der Waals surface area contributed by atoms with Crippen LogP contribution in [0.15, 0.2) is 29.8 Å². The number of aromatic amines is 1. The van der Waals surface area contributed by atoms with Crippen LogP contribution < -0.4 is 4.74 Å². The SMILES string of the molecule is COc1ccc2c3c([nH]c2c1)[C@@H](CO)N(C(=O)C1CCCC1)CC31CCN(Cc2nccs2)CC1. The average Bonchev–Trinajstić information content (AvgIpc) is 3.66. The maximum atomic E-state index is 13.8. The van der Waals surface area contributed by atoms with Crippen LogP contribution in [-0.2, 0) is 16.8 Å². The van der Waals surface area contributed by atoms with Gasteiger partial charge >= 0.3 is 0 Å². The fourth-order valence-corrected chi connectivity index (χ4v) is 7.37. The zero-order valence-corrected chi connectivity index (χ0v) is 21.1. The number of nitrogens with one attached hydrogen (secondary N) is 1. The van der Waals surface area contributed by atoms with Crippen LogP contribution in [0.25, 0.3) is 10.9 Å². The van der Waals surface area contributed by atoms with E-state index in [2.05, 4.69) is 20.9 Å². The van der Waals surface area contributed by atoms with Crippen molar-refractivity contribution in [2.45, 2.75) is 56.5 Å². The van der Waals surface area contributed by atoms with Crippen LogP contribution in [0.5, 0.6) is 5.75 Å². The number of likely N-dealkylation sites (tertiary alicyclic amines) is 1. The number of aliphatic hydroxyl groups is 1. The molecule has 3 aromatic rings. The van der Waals surface area contributed by atoms with Crippen molar-refractivity contribution in [3.05, 3.63) is 46.0 Å². The van der Waals surface area contributed by atoms with Crippen molar-refractivity contribution in [2.75, 3.05) is 33.4 Å². The molecule has 1 atom stereocenters. The second-order valence-electron chi connectivity index (χ2n) is 10.5. The molecule has 4 heterocycles. The summed E-state index contributed by atoms with van der Waals surface area (Å²) in [6, 6.07) is 5.88. The summed E-state index contributed by atoms with van der Waals surface area (Å²) in [5, 5.41) is 14.9. The van der Waals surface area contributed by atoms with E-state index in [4.69, 9.17) is 4.74 Å². The Bertz CT molecular complexity index is 1190. The van der Waals surface area contributed by atoms with Gasteiger partial charge < -0.3 is 19.7 Å². The molecule has 8 heteroatoms. The normalized spacial score (nSPS) is 22.7. The van der Waals surface area contributed by atoms with Crippen molar-refractivity contribution >= 4 is 28.1 Å². The standard InChI is InChI=1S/C27H34N4O3S/c1-34-19-6-7-20-21(14-19)29-25-22(16-32)31(26(33)18-4-2-3-5-18)17-27(24(20)25)8-11-30(12-9-27)15-23-28-10-13-35-23/h6-7,10,13-14,18,22,29,32H,2-5,8-9,11-12,15-17H2,1H3/t22-/m1/s1. The number of H-pyrrole nitrogens is 1. The number of aliphatic hydroxyl groups excluding tert-OH is 1. The van der Waals surface area contributed by atoms with Crippen LogP contribution in [-0.4, -0.2) is 64.1 Å². The Morgan fingerprint density at radius 1 is 1.29 bits per heavy atom. The summed E-state index contributed by atoms with van der Waals surface area (Å²) in [4.78, 5) is 26.4. The van der Waals surface area contributed by atoms with E-state index in [0.717, 1.165) is 80.1 Å². The van der Waals surface area contributed by atoms with Crippen molar-refractivity contribution in [1.82, 2.24) is 19.8 Å². The van der Waals surface area contributed by atoms with Crippen molar-refractivity contribution in [3.8, 4) is 5.75 Å². The number of methoxy groups -OCH3 is 1. The first-order chi connectivity index (χ1) is 17.1. The van der Waals surface area contributed by atoms with Crippen molar-refractivity contribution < 1.29 is 14.6 Å². The Morgan fingerprint density at radius 2 is 2.09 bits per heavy atom. The van der Waals surface area contributed by atoms with E-state index in [1.807, 2.05) is 28.6 Å². The maximum Gasteiger partial charge on any atom is 0.226 e. The minimum Gasteiger partial charge on any atom is -0.497 e. The zero-order chi connectivity index (χ0) is 24.0. The lowest BCUT2D eigenvalue weighted by atomic mass is 9.68. The van der Waals surface area contributed by atoms with E-state index in [1.54, 1.807) is 18.4 Å². The third-order valence-corrected chi connectivity index (χ3v) is 9.33. The predicted molar refractivity (Wildman–Crippen MR) is 137 cm³/mol. The number of amides is 1. The molecule has 1 spiro atoms. The number of carbonyl (C=O) groups is 1. The molecule has 1 aliphatic carbocycles. The van der Waals surface area contributed by atoms with Gasteiger partial charge in [-0.2, -0.15) is 0 Å². The van der Waals surface area contributed by atoms with Gasteiger partial charge in [0.25, 0.3) is 0 Å². The van der Waals surface area contributed by atoms with Gasteiger partial charge in [-0.1, -0.05) is 12.8 Å². The Labute approximate surface area is 210 Å². The number of hydrogen-bond donors (Lipinski definition) is 2. The van der Waals surface area contributed by atoms with Gasteiger partial charge in [-0.15, -0.1) is 11.3 Å². The van der Waals surface area contributed by atoms with E-state index >= 15 is 0 Å². The Hall–Kier alpha value is -2.42. The van der Waals surface area contributed by atoms with Crippen LogP contribution in [0.4, 0.5) is 0 Å². The summed E-state index contributed by atoms with van der Waals surface area (Å²) < 4.78 is 5.49. The molecule has 0 unspecified atom stereocenters. The highest BCUT2D eigenvalue weighted by molar-refractivity contribution is 7.09. The van der Waals surface area contributed by atoms with E-state index in [9.17, 15) is 9.90 Å². The lowest BCUT2D eigenvalue weighted by molar-refractivity contribution is -0.141. The molecule has 2 aliphatic heterocycles. The van der Waals surface area contributed by atoms with Crippen LogP contribution >= 0.6 is 11.3 Å². The summed E-state index contributed by atoms with van der Waals surface area (Å²) in [6.45, 7) is 3.44. The van der Waals surface area contributed by atoms with Crippen molar-refractivity contribution in [1.29, 1.82) is 0 Å². The summed E-state index contributed by atoms with van der Waals surface area (Å²) in [7, 11) is 1.68. The smallest absolute Gasteiger partial charge is 0.226 e. The molecule has 2 aromatic heterocycles. The highest BCUT2D eigenvalue weighted by Gasteiger charge is 2.49. The van der Waals surface area contributed by atoms with Crippen LogP contribution in [0.1, 0.15) is 60.8 Å². The molecule has 2 N–H and O–H groups in total. The number of nitrogens with zero attached hydrogens (tertiary/aromatic N) is 3. The number of benzene rings is 1. The second-order valence-corrected chi connectivity index (χ2v) is 11.4. The number of hydrogen-bond acceptors (Lipinski definition) is 6. The molecular weight excluding hydrogens is 460 g/mol. The minimum atomic E-state index is -0.324. The van der Waals surface area contributed by atoms with Gasteiger partial charge in [0.15, 0.2) is 0 Å². The highest BCUT2D eigenvalue weighted by Crippen LogP contribution is 2.50. The molecule has 186 valence electrons. The molecule has 6 rings (SSSR count). The number of piperidine rings is 1. The third-order valence-electron chi connectivity index (χ3n) is 8.56. The van der Waals surface area contributed by atoms with E-state index < -0.39 is 0 Å². The van der Waals surface area contributed by atoms with Crippen molar-refractivity contribution in [2.24, 2.45) is 5.92 Å². The molecular formula is C27H34N4O3S. The predicted octanol–water partition coefficient (Wildman–Crippen LogP) is 4.23. The minimum absolute atomic E-state index is 0.0678. The quantitative estimate of drug-likeness (QED) is 0.555. The molecule has 1 saturated carbocycles. The molecule has 1 aromatic carbocycles. The molecule has 3 aliphatic rings. The summed E-state index contributed by atoms with van der Waals surface area (Å²) in [5.41, 5.74) is 3.22. The first-order valence-corrected chi connectivity index (χ1v) is 13.7. The van der Waals surface area contributed by atoms with Gasteiger partial charge in [-0.25, -0.2) is 4.98 Å². The fraction of sp³-hybridized carbons (Fsp3) is 0.556. The van der Waals surface area contributed by atoms with Crippen LogP contribution in [0.2, 0.25) is 0 Å². The van der Waals surface area contributed by atoms with Gasteiger partial charge in [0.05, 0.1) is 26.3 Å². The van der Waals surface area contributed by atoms with Gasteiger partial charge in [0.2, 0.25) is 5.91 Å². The second kappa shape index (κ2) is 9.22. The molecule has 7 nitrogen and oxygen atoms in total. The topological polar surface area (TPSA) is 81.7 Å². The van der Waals surface area contributed by atoms with E-state index in [0.29, 0.717) is 6.54 Å². The Balaban J connectivity index is 1.39. The van der Waals surface area contributed by atoms with Gasteiger partial charge in [0.1, 0.15) is 10.8 Å².